The lowest BCUT2D eigenvalue weighted by atomic mass is 10.1. The zero-order chi connectivity index (χ0) is 6.57. The van der Waals surface area contributed by atoms with Crippen molar-refractivity contribution in [2.45, 2.75) is 0 Å². The molecule has 0 amide bonds. The minimum Gasteiger partial charge on any atom is -0.401 e. The van der Waals surface area contributed by atoms with E-state index in [1.165, 1.54) is 6.08 Å². The van der Waals surface area contributed by atoms with Crippen molar-refractivity contribution < 1.29 is 0 Å². The average Bonchev–Trinajstić information content (AvgIpc) is 1.69. The van der Waals surface area contributed by atoms with E-state index in [0.29, 0.717) is 5.70 Å². The van der Waals surface area contributed by atoms with Crippen LogP contribution in [0.3, 0.4) is 0 Å². The van der Waals surface area contributed by atoms with E-state index in [4.69, 9.17) is 11.0 Å². The van der Waals surface area contributed by atoms with Gasteiger partial charge in [0.1, 0.15) is 5.92 Å². The van der Waals surface area contributed by atoms with Crippen LogP contribution >= 0.6 is 0 Å². The average molecular weight is 108 g/mol. The Morgan fingerprint density at radius 1 is 1.88 bits per heavy atom. The van der Waals surface area contributed by atoms with Gasteiger partial charge in [0, 0.05) is 5.70 Å². The van der Waals surface area contributed by atoms with Crippen LogP contribution in [0.5, 0.6) is 0 Å². The van der Waals surface area contributed by atoms with Gasteiger partial charge in [0.2, 0.25) is 0 Å². The summed E-state index contributed by atoms with van der Waals surface area (Å²) in [5, 5.41) is 8.23. The zero-order valence-electron chi connectivity index (χ0n) is 4.59. The molecule has 0 aromatic heterocycles. The van der Waals surface area contributed by atoms with Crippen molar-refractivity contribution >= 4 is 0 Å². The van der Waals surface area contributed by atoms with Gasteiger partial charge in [0.15, 0.2) is 0 Å². The Hall–Kier alpha value is -1.23. The molecule has 0 aliphatic rings. The van der Waals surface area contributed by atoms with Gasteiger partial charge in [-0.25, -0.2) is 0 Å². The summed E-state index contributed by atoms with van der Waals surface area (Å²) in [5.74, 6) is -0.394. The summed E-state index contributed by atoms with van der Waals surface area (Å²) < 4.78 is 0. The minimum absolute atomic E-state index is 0.350. The zero-order valence-corrected chi connectivity index (χ0v) is 4.59. The van der Waals surface area contributed by atoms with Crippen LogP contribution in [0.25, 0.3) is 0 Å². The number of nitriles is 1. The molecule has 0 saturated heterocycles. The molecule has 2 heteroatoms. The van der Waals surface area contributed by atoms with Crippen LogP contribution in [0, 0.1) is 17.2 Å². The van der Waals surface area contributed by atoms with Crippen molar-refractivity contribution in [1.29, 1.82) is 5.26 Å². The Balaban J connectivity index is 3.95. The first kappa shape index (κ1) is 6.77. The fraction of sp³-hybridized carbons (Fsp3) is 0.167. The summed E-state index contributed by atoms with van der Waals surface area (Å²) in [6.45, 7) is 6.77. The Morgan fingerprint density at radius 3 is 2.38 bits per heavy atom. The molecule has 0 bridgehead atoms. The minimum atomic E-state index is -0.394. The highest BCUT2D eigenvalue weighted by molar-refractivity contribution is 5.13. The third kappa shape index (κ3) is 1.48. The van der Waals surface area contributed by atoms with Crippen LogP contribution < -0.4 is 5.73 Å². The second-order valence-electron chi connectivity index (χ2n) is 1.42. The molecule has 1 atom stereocenters. The number of allylic oxidation sites excluding steroid dienone is 1. The normalized spacial score (nSPS) is 11.4. The lowest BCUT2D eigenvalue weighted by Gasteiger charge is -1.97. The van der Waals surface area contributed by atoms with Crippen LogP contribution in [0.1, 0.15) is 0 Å². The van der Waals surface area contributed by atoms with E-state index in [1.807, 2.05) is 6.07 Å². The Bertz CT molecular complexity index is 141. The summed E-state index contributed by atoms with van der Waals surface area (Å²) in [7, 11) is 0. The molecule has 42 valence electrons. The molecule has 0 aliphatic heterocycles. The molecule has 0 radical (unpaired) electrons. The number of rotatable bonds is 2. The molecule has 1 unspecified atom stereocenters. The molecule has 0 aliphatic carbocycles. The topological polar surface area (TPSA) is 49.8 Å². The van der Waals surface area contributed by atoms with Crippen molar-refractivity contribution in [1.82, 2.24) is 0 Å². The van der Waals surface area contributed by atoms with Gasteiger partial charge in [0.05, 0.1) is 6.07 Å². The van der Waals surface area contributed by atoms with E-state index in [-0.39, 0.29) is 0 Å². The van der Waals surface area contributed by atoms with E-state index in [9.17, 15) is 0 Å². The molecular weight excluding hydrogens is 100 g/mol. The van der Waals surface area contributed by atoms with E-state index < -0.39 is 5.92 Å². The molecule has 0 heterocycles. The fourth-order valence-corrected chi connectivity index (χ4v) is 0.287. The van der Waals surface area contributed by atoms with Crippen LogP contribution in [-0.4, -0.2) is 0 Å². The molecular formula is C6H8N2. The Kier molecular flexibility index (Phi) is 2.42. The monoisotopic (exact) mass is 108 g/mol. The number of hydrogen-bond donors (Lipinski definition) is 1. The third-order valence-corrected chi connectivity index (χ3v) is 0.774. The lowest BCUT2D eigenvalue weighted by Crippen LogP contribution is -2.04. The van der Waals surface area contributed by atoms with Gasteiger partial charge in [-0.2, -0.15) is 5.26 Å². The standard InChI is InChI=1S/C6H8N2/c1-3-6(4-7)5(2)8/h3,6H,1-2,8H2. The van der Waals surface area contributed by atoms with Crippen molar-refractivity contribution in [3.8, 4) is 6.07 Å². The highest BCUT2D eigenvalue weighted by Crippen LogP contribution is 2.00. The van der Waals surface area contributed by atoms with Crippen LogP contribution in [0.15, 0.2) is 24.9 Å². The number of nitrogens with zero attached hydrogens (tertiary/aromatic N) is 1. The molecule has 0 aromatic carbocycles. The molecule has 8 heavy (non-hydrogen) atoms. The fourth-order valence-electron chi connectivity index (χ4n) is 0.287. The maximum absolute atomic E-state index is 8.23. The second kappa shape index (κ2) is 2.86. The van der Waals surface area contributed by atoms with Gasteiger partial charge in [-0.15, -0.1) is 6.58 Å². The van der Waals surface area contributed by atoms with Crippen molar-refractivity contribution in [3.63, 3.8) is 0 Å². The molecule has 2 N–H and O–H groups in total. The van der Waals surface area contributed by atoms with Gasteiger partial charge in [-0.05, 0) is 0 Å². The van der Waals surface area contributed by atoms with Crippen molar-refractivity contribution in [2.75, 3.05) is 0 Å². The first-order chi connectivity index (χ1) is 3.72. The molecule has 0 fully saturated rings. The summed E-state index contributed by atoms with van der Waals surface area (Å²) >= 11 is 0. The summed E-state index contributed by atoms with van der Waals surface area (Å²) in [5.41, 5.74) is 5.52. The molecule has 0 rings (SSSR count). The van der Waals surface area contributed by atoms with Crippen molar-refractivity contribution in [3.05, 3.63) is 24.9 Å². The second-order valence-corrected chi connectivity index (χ2v) is 1.42. The number of hydrogen-bond acceptors (Lipinski definition) is 2. The van der Waals surface area contributed by atoms with E-state index in [1.54, 1.807) is 0 Å². The van der Waals surface area contributed by atoms with Gasteiger partial charge in [-0.3, -0.25) is 0 Å². The first-order valence-corrected chi connectivity index (χ1v) is 2.18. The predicted molar refractivity (Wildman–Crippen MR) is 32.6 cm³/mol. The quantitative estimate of drug-likeness (QED) is 0.531. The maximum atomic E-state index is 8.23. The highest BCUT2D eigenvalue weighted by Gasteiger charge is 1.99. The van der Waals surface area contributed by atoms with E-state index in [2.05, 4.69) is 13.2 Å². The first-order valence-electron chi connectivity index (χ1n) is 2.18. The summed E-state index contributed by atoms with van der Waals surface area (Å²) in [6.07, 6.45) is 1.46. The van der Waals surface area contributed by atoms with Crippen molar-refractivity contribution in [2.24, 2.45) is 11.7 Å². The lowest BCUT2D eigenvalue weighted by molar-refractivity contribution is 0.970. The number of nitrogens with two attached hydrogens (primary N) is 1. The Morgan fingerprint density at radius 2 is 2.38 bits per heavy atom. The smallest absolute Gasteiger partial charge is 0.103 e. The summed E-state index contributed by atoms with van der Waals surface area (Å²) in [6, 6.07) is 1.91. The molecule has 0 aromatic rings. The van der Waals surface area contributed by atoms with Gasteiger partial charge < -0.3 is 5.73 Å². The highest BCUT2D eigenvalue weighted by atomic mass is 14.6. The molecule has 0 spiro atoms. The van der Waals surface area contributed by atoms with Crippen LogP contribution in [0.2, 0.25) is 0 Å². The third-order valence-electron chi connectivity index (χ3n) is 0.774. The van der Waals surface area contributed by atoms with Crippen LogP contribution in [-0.2, 0) is 0 Å². The van der Waals surface area contributed by atoms with Gasteiger partial charge in [-0.1, -0.05) is 12.7 Å². The largest absolute Gasteiger partial charge is 0.401 e. The Labute approximate surface area is 48.9 Å². The predicted octanol–water partition coefficient (Wildman–Crippen LogP) is 0.785. The summed E-state index contributed by atoms with van der Waals surface area (Å²) in [4.78, 5) is 0. The van der Waals surface area contributed by atoms with Gasteiger partial charge in [0.25, 0.3) is 0 Å². The molecule has 2 nitrogen and oxygen atoms in total. The maximum Gasteiger partial charge on any atom is 0.103 e. The van der Waals surface area contributed by atoms with Gasteiger partial charge >= 0.3 is 0 Å². The molecule has 0 saturated carbocycles. The van der Waals surface area contributed by atoms with E-state index >= 15 is 0 Å². The van der Waals surface area contributed by atoms with E-state index in [0.717, 1.165) is 0 Å². The SMILES string of the molecule is C=CC(C#N)C(=C)N. The van der Waals surface area contributed by atoms with Crippen LogP contribution in [0.4, 0.5) is 0 Å².